The molecule has 2 fully saturated rings. The molecule has 1 aliphatic heterocycles. The van der Waals surface area contributed by atoms with Gasteiger partial charge >= 0.3 is 5.97 Å². The summed E-state index contributed by atoms with van der Waals surface area (Å²) in [5, 5.41) is 0. The molecular weight excluding hydrogens is 425 g/mol. The quantitative estimate of drug-likeness (QED) is 0.382. The molecule has 3 nitrogen and oxygen atoms in total. The van der Waals surface area contributed by atoms with Crippen molar-refractivity contribution in [1.82, 2.24) is 0 Å². The lowest BCUT2D eigenvalue weighted by molar-refractivity contribution is -0.896. The van der Waals surface area contributed by atoms with Crippen molar-refractivity contribution in [3.05, 3.63) is 35.9 Å². The van der Waals surface area contributed by atoms with Crippen LogP contribution in [0.1, 0.15) is 51.0 Å². The molecule has 1 saturated heterocycles. The lowest BCUT2D eigenvalue weighted by Gasteiger charge is -2.39. The van der Waals surface area contributed by atoms with Gasteiger partial charge in [0, 0.05) is 12.8 Å². The van der Waals surface area contributed by atoms with E-state index < -0.39 is 5.41 Å². The molecule has 140 valence electrons. The first-order valence-electron chi connectivity index (χ1n) is 9.50. The van der Waals surface area contributed by atoms with Gasteiger partial charge in [0.05, 0.1) is 32.6 Å². The molecule has 0 radical (unpaired) electrons. The molecule has 1 aliphatic carbocycles. The maximum absolute atomic E-state index is 13.3. The molecule has 1 atom stereocenters. The van der Waals surface area contributed by atoms with Crippen LogP contribution in [-0.2, 0) is 14.9 Å². The van der Waals surface area contributed by atoms with Crippen LogP contribution in [0, 0.1) is 5.92 Å². The highest BCUT2D eigenvalue weighted by atomic mass is 127. The maximum Gasteiger partial charge on any atom is 0.316 e. The molecule has 2 aliphatic rings. The summed E-state index contributed by atoms with van der Waals surface area (Å²) in [6, 6.07) is 10.3. The van der Waals surface area contributed by atoms with Gasteiger partial charge in [-0.1, -0.05) is 43.2 Å². The van der Waals surface area contributed by atoms with Crippen LogP contribution in [0.4, 0.5) is 0 Å². The Labute approximate surface area is 169 Å². The number of esters is 1. The number of benzene rings is 1. The van der Waals surface area contributed by atoms with Gasteiger partial charge in [-0.3, -0.25) is 4.79 Å². The Balaban J connectivity index is 0.00000225. The van der Waals surface area contributed by atoms with E-state index in [1.807, 2.05) is 18.2 Å². The van der Waals surface area contributed by atoms with E-state index in [1.54, 1.807) is 0 Å². The van der Waals surface area contributed by atoms with E-state index in [2.05, 4.69) is 33.2 Å². The van der Waals surface area contributed by atoms with Crippen LogP contribution in [0.25, 0.3) is 0 Å². The molecule has 0 bridgehead atoms. The van der Waals surface area contributed by atoms with Crippen molar-refractivity contribution in [1.29, 1.82) is 0 Å². The summed E-state index contributed by atoms with van der Waals surface area (Å²) in [5.41, 5.74) is 0.619. The van der Waals surface area contributed by atoms with Gasteiger partial charge in [-0.25, -0.2) is 0 Å². The molecule has 1 saturated carbocycles. The minimum absolute atomic E-state index is 0. The predicted octanol–water partition coefficient (Wildman–Crippen LogP) is 0.921. The van der Waals surface area contributed by atoms with Crippen LogP contribution in [-0.4, -0.2) is 43.7 Å². The number of likely N-dealkylation sites (tertiary alicyclic amines) is 1. The van der Waals surface area contributed by atoms with Gasteiger partial charge in [-0.05, 0) is 31.2 Å². The molecule has 0 aromatic heterocycles. The van der Waals surface area contributed by atoms with Crippen molar-refractivity contribution in [2.45, 2.75) is 57.0 Å². The number of hydrogen-bond acceptors (Lipinski definition) is 2. The number of rotatable bonds is 4. The van der Waals surface area contributed by atoms with Crippen LogP contribution in [0.5, 0.6) is 0 Å². The van der Waals surface area contributed by atoms with Gasteiger partial charge in [0.2, 0.25) is 0 Å². The zero-order chi connectivity index (χ0) is 17.2. The highest BCUT2D eigenvalue weighted by Crippen LogP contribution is 2.43. The lowest BCUT2D eigenvalue weighted by atomic mass is 9.71. The maximum atomic E-state index is 13.3. The summed E-state index contributed by atoms with van der Waals surface area (Å²) < 4.78 is 7.10. The zero-order valence-corrected chi connectivity index (χ0v) is 18.0. The Kier molecular flexibility index (Phi) is 6.94. The summed E-state index contributed by atoms with van der Waals surface area (Å²) >= 11 is 0. The Bertz CT molecular complexity index is 559. The third-order valence-corrected chi connectivity index (χ3v) is 6.36. The third-order valence-electron chi connectivity index (χ3n) is 6.36. The molecule has 1 aromatic carbocycles. The summed E-state index contributed by atoms with van der Waals surface area (Å²) in [7, 11) is 4.51. The first kappa shape index (κ1) is 20.7. The molecule has 1 aromatic rings. The van der Waals surface area contributed by atoms with Gasteiger partial charge in [0.15, 0.2) is 0 Å². The fourth-order valence-electron chi connectivity index (χ4n) is 4.44. The van der Waals surface area contributed by atoms with E-state index in [0.717, 1.165) is 48.8 Å². The van der Waals surface area contributed by atoms with Crippen LogP contribution < -0.4 is 24.0 Å². The number of carbonyl (C=O) groups is 1. The fraction of sp³-hybridized carbons (Fsp3) is 0.667. The van der Waals surface area contributed by atoms with Gasteiger partial charge in [-0.15, -0.1) is 0 Å². The standard InChI is InChI=1S/C21H32NO2.HI/c1-21(18-11-7-8-12-18,17-9-5-4-6-10-17)20(23)24-19-13-15-22(2,3)16-14-19;/h4-6,9-10,18-19H,7-8,11-16H2,1-3H3;1H/q+1;/p-1. The second-order valence-electron chi connectivity index (χ2n) is 8.54. The number of nitrogens with zero attached hydrogens (tertiary/aromatic N) is 1. The van der Waals surface area contributed by atoms with Crippen LogP contribution in [0.3, 0.4) is 0 Å². The fourth-order valence-corrected chi connectivity index (χ4v) is 4.44. The van der Waals surface area contributed by atoms with Gasteiger partial charge in [0.25, 0.3) is 0 Å². The van der Waals surface area contributed by atoms with Gasteiger partial charge < -0.3 is 33.2 Å². The molecule has 0 amide bonds. The second-order valence-corrected chi connectivity index (χ2v) is 8.54. The summed E-state index contributed by atoms with van der Waals surface area (Å²) in [6.07, 6.45) is 6.78. The largest absolute Gasteiger partial charge is 1.00 e. The number of halogens is 1. The average Bonchev–Trinajstić information content (AvgIpc) is 3.12. The van der Waals surface area contributed by atoms with Crippen molar-refractivity contribution in [3.63, 3.8) is 0 Å². The normalized spacial score (nSPS) is 23.5. The number of ether oxygens (including phenoxy) is 1. The molecule has 4 heteroatoms. The highest BCUT2D eigenvalue weighted by molar-refractivity contribution is 5.83. The van der Waals surface area contributed by atoms with Crippen molar-refractivity contribution in [3.8, 4) is 0 Å². The topological polar surface area (TPSA) is 26.3 Å². The van der Waals surface area contributed by atoms with E-state index in [4.69, 9.17) is 4.74 Å². The number of hydrogen-bond donors (Lipinski definition) is 0. The molecular formula is C21H32INO2. The summed E-state index contributed by atoms with van der Waals surface area (Å²) in [5.74, 6) is 0.404. The van der Waals surface area contributed by atoms with E-state index in [1.165, 1.54) is 12.8 Å². The van der Waals surface area contributed by atoms with Crippen molar-refractivity contribution < 1.29 is 38.0 Å². The number of carbonyl (C=O) groups excluding carboxylic acids is 1. The first-order valence-corrected chi connectivity index (χ1v) is 9.50. The Morgan fingerprint density at radius 3 is 2.16 bits per heavy atom. The Morgan fingerprint density at radius 2 is 1.60 bits per heavy atom. The minimum Gasteiger partial charge on any atom is -1.00 e. The van der Waals surface area contributed by atoms with E-state index in [9.17, 15) is 4.79 Å². The van der Waals surface area contributed by atoms with E-state index in [-0.39, 0.29) is 36.0 Å². The van der Waals surface area contributed by atoms with Crippen molar-refractivity contribution in [2.75, 3.05) is 27.2 Å². The van der Waals surface area contributed by atoms with Gasteiger partial charge in [0.1, 0.15) is 6.10 Å². The summed E-state index contributed by atoms with van der Waals surface area (Å²) in [4.78, 5) is 13.3. The molecule has 0 N–H and O–H groups in total. The summed E-state index contributed by atoms with van der Waals surface area (Å²) in [6.45, 7) is 4.29. The molecule has 0 spiro atoms. The smallest absolute Gasteiger partial charge is 0.316 e. The average molecular weight is 457 g/mol. The zero-order valence-electron chi connectivity index (χ0n) is 15.8. The molecule has 1 heterocycles. The monoisotopic (exact) mass is 457 g/mol. The van der Waals surface area contributed by atoms with Gasteiger partial charge in [-0.2, -0.15) is 0 Å². The Hall–Kier alpha value is -0.620. The second kappa shape index (κ2) is 8.38. The van der Waals surface area contributed by atoms with Crippen molar-refractivity contribution in [2.24, 2.45) is 5.92 Å². The van der Waals surface area contributed by atoms with Crippen molar-refractivity contribution >= 4 is 5.97 Å². The van der Waals surface area contributed by atoms with Crippen LogP contribution in [0.15, 0.2) is 30.3 Å². The Morgan fingerprint density at radius 1 is 1.04 bits per heavy atom. The van der Waals surface area contributed by atoms with Crippen LogP contribution in [0.2, 0.25) is 0 Å². The molecule has 3 rings (SSSR count). The lowest BCUT2D eigenvalue weighted by Crippen LogP contribution is -3.00. The number of quaternary nitrogens is 1. The first-order chi connectivity index (χ1) is 11.4. The molecule has 1 unspecified atom stereocenters. The highest BCUT2D eigenvalue weighted by Gasteiger charge is 2.46. The molecule has 25 heavy (non-hydrogen) atoms. The third kappa shape index (κ3) is 4.57. The van der Waals surface area contributed by atoms with E-state index in [0.29, 0.717) is 5.92 Å². The predicted molar refractivity (Wildman–Crippen MR) is 96.7 cm³/mol. The van der Waals surface area contributed by atoms with E-state index >= 15 is 0 Å². The minimum atomic E-state index is -0.500. The SMILES string of the molecule is CC(C(=O)OC1CC[N+](C)(C)CC1)(c1ccccc1)C1CCCC1.[I-]. The van der Waals surface area contributed by atoms with Crippen LogP contribution >= 0.6 is 0 Å². The number of piperidine rings is 1.